The lowest BCUT2D eigenvalue weighted by Gasteiger charge is -2.14. The largest absolute Gasteiger partial charge is 0.493 e. The third-order valence-corrected chi connectivity index (χ3v) is 3.63. The Morgan fingerprint density at radius 3 is 2.65 bits per heavy atom. The molecule has 0 amide bonds. The van der Waals surface area contributed by atoms with E-state index in [0.717, 1.165) is 23.3 Å². The summed E-state index contributed by atoms with van der Waals surface area (Å²) in [5.74, 6) is -0.229. The first kappa shape index (κ1) is 13.1. The molecule has 0 fully saturated rings. The molecular formula is C16H15F2NO. The predicted molar refractivity (Wildman–Crippen MR) is 72.6 cm³/mol. The predicted octanol–water partition coefficient (Wildman–Crippen LogP) is 3.14. The number of halogens is 2. The number of ether oxygens (including phenoxy) is 1. The van der Waals surface area contributed by atoms with Gasteiger partial charge in [0.25, 0.3) is 0 Å². The van der Waals surface area contributed by atoms with Gasteiger partial charge in [-0.15, -0.1) is 0 Å². The van der Waals surface area contributed by atoms with Crippen molar-refractivity contribution in [1.29, 1.82) is 0 Å². The molecule has 20 heavy (non-hydrogen) atoms. The summed E-state index contributed by atoms with van der Waals surface area (Å²) in [6, 6.07) is 9.11. The Balaban J connectivity index is 1.84. The fourth-order valence-electron chi connectivity index (χ4n) is 2.50. The first-order valence-corrected chi connectivity index (χ1v) is 6.59. The zero-order chi connectivity index (χ0) is 14.1. The van der Waals surface area contributed by atoms with Crippen molar-refractivity contribution in [3.63, 3.8) is 0 Å². The maximum atomic E-state index is 13.6. The Kier molecular flexibility index (Phi) is 3.40. The lowest BCUT2D eigenvalue weighted by atomic mass is 9.97. The molecular weight excluding hydrogens is 260 g/mol. The lowest BCUT2D eigenvalue weighted by Crippen LogP contribution is -2.15. The van der Waals surface area contributed by atoms with Crippen molar-refractivity contribution in [2.24, 2.45) is 5.73 Å². The summed E-state index contributed by atoms with van der Waals surface area (Å²) in [5.41, 5.74) is 8.10. The van der Waals surface area contributed by atoms with Gasteiger partial charge in [-0.1, -0.05) is 18.2 Å². The van der Waals surface area contributed by atoms with E-state index in [1.807, 2.05) is 18.2 Å². The van der Waals surface area contributed by atoms with E-state index in [1.54, 1.807) is 0 Å². The smallest absolute Gasteiger partial charge is 0.129 e. The summed E-state index contributed by atoms with van der Waals surface area (Å²) in [6.07, 6.45) is 0.988. The van der Waals surface area contributed by atoms with Crippen molar-refractivity contribution in [1.82, 2.24) is 0 Å². The zero-order valence-corrected chi connectivity index (χ0v) is 10.9. The van der Waals surface area contributed by atoms with E-state index in [4.69, 9.17) is 10.5 Å². The minimum absolute atomic E-state index is 0.0387. The Labute approximate surface area is 116 Å². The summed E-state index contributed by atoms with van der Waals surface area (Å²) >= 11 is 0. The van der Waals surface area contributed by atoms with Crippen molar-refractivity contribution in [3.05, 3.63) is 64.7 Å². The average Bonchev–Trinajstić information content (AvgIpc) is 2.90. The molecule has 0 saturated heterocycles. The van der Waals surface area contributed by atoms with E-state index in [1.165, 1.54) is 18.2 Å². The molecule has 2 N–H and O–H groups in total. The first-order valence-electron chi connectivity index (χ1n) is 6.59. The van der Waals surface area contributed by atoms with Gasteiger partial charge in [0.1, 0.15) is 17.4 Å². The third kappa shape index (κ3) is 2.39. The van der Waals surface area contributed by atoms with Crippen LogP contribution in [0.3, 0.4) is 0 Å². The van der Waals surface area contributed by atoms with Crippen LogP contribution in [-0.4, -0.2) is 6.61 Å². The minimum Gasteiger partial charge on any atom is -0.493 e. The standard InChI is InChI=1S/C16H15F2NO/c17-13-2-1-3-14(18)12(13)9-15(19)10-4-5-16-11(8-10)6-7-20-16/h1-5,8,15H,6-7,9,19H2. The van der Waals surface area contributed by atoms with Crippen LogP contribution in [0.25, 0.3) is 0 Å². The second-order valence-corrected chi connectivity index (χ2v) is 4.98. The van der Waals surface area contributed by atoms with Crippen molar-refractivity contribution in [3.8, 4) is 5.75 Å². The number of rotatable bonds is 3. The highest BCUT2D eigenvalue weighted by Gasteiger charge is 2.17. The van der Waals surface area contributed by atoms with Crippen LogP contribution in [0.1, 0.15) is 22.7 Å². The summed E-state index contributed by atoms with van der Waals surface area (Å²) in [6.45, 7) is 0.677. The third-order valence-electron chi connectivity index (χ3n) is 3.63. The minimum atomic E-state index is -0.551. The molecule has 1 heterocycles. The summed E-state index contributed by atoms with van der Waals surface area (Å²) in [7, 11) is 0. The van der Waals surface area contributed by atoms with Crippen LogP contribution in [0, 0.1) is 11.6 Å². The molecule has 0 spiro atoms. The molecule has 2 aromatic rings. The van der Waals surface area contributed by atoms with Crippen LogP contribution in [0.5, 0.6) is 5.75 Å². The number of nitrogens with two attached hydrogens (primary N) is 1. The van der Waals surface area contributed by atoms with E-state index in [9.17, 15) is 8.78 Å². The van der Waals surface area contributed by atoms with Crippen molar-refractivity contribution in [2.45, 2.75) is 18.9 Å². The summed E-state index contributed by atoms with van der Waals surface area (Å²) < 4.78 is 32.7. The SMILES string of the molecule is NC(Cc1c(F)cccc1F)c1ccc2c(c1)CCO2. The van der Waals surface area contributed by atoms with Gasteiger partial charge in [-0.2, -0.15) is 0 Å². The molecule has 2 aromatic carbocycles. The number of fused-ring (bicyclic) bond motifs is 1. The molecule has 104 valence electrons. The molecule has 1 aliphatic heterocycles. The maximum absolute atomic E-state index is 13.6. The molecule has 4 heteroatoms. The van der Waals surface area contributed by atoms with Gasteiger partial charge in [-0.05, 0) is 35.7 Å². The van der Waals surface area contributed by atoms with E-state index >= 15 is 0 Å². The van der Waals surface area contributed by atoms with Crippen molar-refractivity contribution >= 4 is 0 Å². The molecule has 1 atom stereocenters. The zero-order valence-electron chi connectivity index (χ0n) is 10.9. The highest BCUT2D eigenvalue weighted by molar-refractivity contribution is 5.41. The van der Waals surface area contributed by atoms with Gasteiger partial charge < -0.3 is 10.5 Å². The van der Waals surface area contributed by atoms with E-state index in [-0.39, 0.29) is 12.0 Å². The number of hydrogen-bond acceptors (Lipinski definition) is 2. The second-order valence-electron chi connectivity index (χ2n) is 4.98. The maximum Gasteiger partial charge on any atom is 0.129 e. The Hall–Kier alpha value is -1.94. The van der Waals surface area contributed by atoms with Gasteiger partial charge in [0.05, 0.1) is 6.61 Å². The topological polar surface area (TPSA) is 35.2 Å². The fourth-order valence-corrected chi connectivity index (χ4v) is 2.50. The van der Waals surface area contributed by atoms with Gasteiger partial charge in [-0.25, -0.2) is 8.78 Å². The molecule has 0 saturated carbocycles. The molecule has 3 rings (SSSR count). The van der Waals surface area contributed by atoms with E-state index in [2.05, 4.69) is 0 Å². The van der Waals surface area contributed by atoms with Gasteiger partial charge >= 0.3 is 0 Å². The molecule has 0 aromatic heterocycles. The van der Waals surface area contributed by atoms with Gasteiger partial charge in [0.15, 0.2) is 0 Å². The Morgan fingerprint density at radius 2 is 1.90 bits per heavy atom. The Morgan fingerprint density at radius 1 is 1.15 bits per heavy atom. The van der Waals surface area contributed by atoms with Crippen LogP contribution in [0.2, 0.25) is 0 Å². The lowest BCUT2D eigenvalue weighted by molar-refractivity contribution is 0.357. The van der Waals surface area contributed by atoms with Crippen molar-refractivity contribution < 1.29 is 13.5 Å². The second kappa shape index (κ2) is 5.21. The van der Waals surface area contributed by atoms with Gasteiger partial charge in [-0.3, -0.25) is 0 Å². The van der Waals surface area contributed by atoms with Crippen LogP contribution in [0.4, 0.5) is 8.78 Å². The highest BCUT2D eigenvalue weighted by atomic mass is 19.1. The molecule has 0 bridgehead atoms. The molecule has 0 aliphatic carbocycles. The summed E-state index contributed by atoms with van der Waals surface area (Å²) in [5, 5.41) is 0. The fraction of sp³-hybridized carbons (Fsp3) is 0.250. The summed E-state index contributed by atoms with van der Waals surface area (Å²) in [4.78, 5) is 0. The van der Waals surface area contributed by atoms with Crippen molar-refractivity contribution in [2.75, 3.05) is 6.61 Å². The quantitative estimate of drug-likeness (QED) is 0.934. The van der Waals surface area contributed by atoms with E-state index in [0.29, 0.717) is 6.61 Å². The number of benzene rings is 2. The highest BCUT2D eigenvalue weighted by Crippen LogP contribution is 2.29. The van der Waals surface area contributed by atoms with Crippen LogP contribution in [-0.2, 0) is 12.8 Å². The monoisotopic (exact) mass is 275 g/mol. The average molecular weight is 275 g/mol. The molecule has 1 unspecified atom stereocenters. The van der Waals surface area contributed by atoms with Crippen LogP contribution < -0.4 is 10.5 Å². The normalized spacial score (nSPS) is 14.8. The van der Waals surface area contributed by atoms with E-state index < -0.39 is 17.7 Å². The first-order chi connectivity index (χ1) is 9.65. The molecule has 2 nitrogen and oxygen atoms in total. The van der Waals surface area contributed by atoms with Crippen LogP contribution in [0.15, 0.2) is 36.4 Å². The Bertz CT molecular complexity index is 622. The van der Waals surface area contributed by atoms with Crippen LogP contribution >= 0.6 is 0 Å². The molecule has 1 aliphatic rings. The van der Waals surface area contributed by atoms with Gasteiger partial charge in [0.2, 0.25) is 0 Å². The molecule has 0 radical (unpaired) electrons. The van der Waals surface area contributed by atoms with Gasteiger partial charge in [0, 0.05) is 18.0 Å². The number of hydrogen-bond donors (Lipinski definition) is 1.